The zero-order valence-electron chi connectivity index (χ0n) is 11.7. The van der Waals surface area contributed by atoms with Crippen LogP contribution in [-0.4, -0.2) is 18.5 Å². The van der Waals surface area contributed by atoms with Gasteiger partial charge in [0.25, 0.3) is 0 Å². The van der Waals surface area contributed by atoms with Gasteiger partial charge in [-0.1, -0.05) is 41.4 Å². The lowest BCUT2D eigenvalue weighted by Gasteiger charge is -2.08. The molecule has 1 N–H and O–H groups in total. The van der Waals surface area contributed by atoms with Crippen LogP contribution in [0.1, 0.15) is 5.56 Å². The van der Waals surface area contributed by atoms with Gasteiger partial charge in [0.2, 0.25) is 0 Å². The minimum atomic E-state index is -1.98. The number of aromatic nitrogens is 2. The fourth-order valence-electron chi connectivity index (χ4n) is 2.18. The zero-order chi connectivity index (χ0) is 15.7. The topological polar surface area (TPSA) is 55.1 Å². The minimum absolute atomic E-state index is 0.358. The van der Waals surface area contributed by atoms with Crippen LogP contribution >= 0.6 is 11.6 Å². The summed E-state index contributed by atoms with van der Waals surface area (Å²) in [5, 5.41) is 4.71. The van der Waals surface area contributed by atoms with Gasteiger partial charge in [-0.15, -0.1) is 0 Å². The summed E-state index contributed by atoms with van der Waals surface area (Å²) < 4.78 is 21.9. The lowest BCUT2D eigenvalue weighted by atomic mass is 10.1. The van der Waals surface area contributed by atoms with Crippen molar-refractivity contribution >= 4 is 22.7 Å². The van der Waals surface area contributed by atoms with Crippen LogP contribution in [0.25, 0.3) is 16.9 Å². The summed E-state index contributed by atoms with van der Waals surface area (Å²) in [6, 6.07) is 16.5. The first-order valence-corrected chi connectivity index (χ1v) is 8.07. The molecule has 0 aliphatic rings. The molecule has 0 aliphatic carbocycles. The maximum Gasteiger partial charge on any atom is 0.186 e. The smallest absolute Gasteiger partial charge is 0.186 e. The van der Waals surface area contributed by atoms with Crippen molar-refractivity contribution in [2.24, 2.45) is 0 Å². The van der Waals surface area contributed by atoms with E-state index < -0.39 is 11.1 Å². The third-order valence-electron chi connectivity index (χ3n) is 3.31. The molecule has 1 atom stereocenters. The number of hydrogen-bond acceptors (Lipinski definition) is 2. The largest absolute Gasteiger partial charge is 0.302 e. The monoisotopic (exact) mass is 332 g/mol. The molecule has 0 amide bonds. The molecule has 0 spiro atoms. The Kier molecular flexibility index (Phi) is 4.11. The SMILES string of the molecule is Cc1ccc(-n2nc(Cl)cc2-c2ccc(S(=O)O)cc2)cc1. The van der Waals surface area contributed by atoms with E-state index >= 15 is 0 Å². The van der Waals surface area contributed by atoms with Crippen LogP contribution in [0.15, 0.2) is 59.5 Å². The number of benzene rings is 2. The molecule has 22 heavy (non-hydrogen) atoms. The molecule has 0 radical (unpaired) electrons. The molecule has 3 rings (SSSR count). The van der Waals surface area contributed by atoms with Gasteiger partial charge in [0.1, 0.15) is 0 Å². The summed E-state index contributed by atoms with van der Waals surface area (Å²) in [6.45, 7) is 2.02. The van der Waals surface area contributed by atoms with Crippen LogP contribution in [-0.2, 0) is 11.1 Å². The molecular weight excluding hydrogens is 320 g/mol. The van der Waals surface area contributed by atoms with Crippen molar-refractivity contribution < 1.29 is 8.76 Å². The highest BCUT2D eigenvalue weighted by Crippen LogP contribution is 2.26. The Bertz CT molecular complexity index is 826. The van der Waals surface area contributed by atoms with Crippen LogP contribution in [0.2, 0.25) is 5.15 Å². The van der Waals surface area contributed by atoms with Crippen LogP contribution in [0.4, 0.5) is 0 Å². The van der Waals surface area contributed by atoms with E-state index in [0.29, 0.717) is 10.0 Å². The number of rotatable bonds is 3. The van der Waals surface area contributed by atoms with Gasteiger partial charge >= 0.3 is 0 Å². The quantitative estimate of drug-likeness (QED) is 0.735. The summed E-state index contributed by atoms with van der Waals surface area (Å²) >= 11 is 4.08. The highest BCUT2D eigenvalue weighted by molar-refractivity contribution is 7.79. The maximum atomic E-state index is 11.0. The molecule has 1 heterocycles. The van der Waals surface area contributed by atoms with Crippen LogP contribution in [0.5, 0.6) is 0 Å². The Hall–Kier alpha value is -1.95. The zero-order valence-corrected chi connectivity index (χ0v) is 13.3. The van der Waals surface area contributed by atoms with Crippen molar-refractivity contribution in [3.63, 3.8) is 0 Å². The van der Waals surface area contributed by atoms with E-state index in [0.717, 1.165) is 16.9 Å². The predicted octanol–water partition coefficient (Wildman–Crippen LogP) is 4.08. The average Bonchev–Trinajstić information content (AvgIpc) is 2.90. The van der Waals surface area contributed by atoms with Gasteiger partial charge in [-0.3, -0.25) is 0 Å². The Morgan fingerprint density at radius 3 is 2.32 bits per heavy atom. The number of nitrogens with zero attached hydrogens (tertiary/aromatic N) is 2. The molecule has 1 aromatic heterocycles. The highest BCUT2D eigenvalue weighted by Gasteiger charge is 2.11. The Labute approximate surface area is 135 Å². The second-order valence-corrected chi connectivity index (χ2v) is 6.23. The summed E-state index contributed by atoms with van der Waals surface area (Å²) in [5.74, 6) is 0. The predicted molar refractivity (Wildman–Crippen MR) is 87.8 cm³/mol. The molecule has 4 nitrogen and oxygen atoms in total. The van der Waals surface area contributed by atoms with Gasteiger partial charge in [0.15, 0.2) is 16.2 Å². The normalized spacial score (nSPS) is 12.3. The van der Waals surface area contributed by atoms with Crippen LogP contribution < -0.4 is 0 Å². The number of halogens is 1. The van der Waals surface area contributed by atoms with E-state index in [1.807, 2.05) is 31.2 Å². The van der Waals surface area contributed by atoms with Crippen molar-refractivity contribution in [2.45, 2.75) is 11.8 Å². The second kappa shape index (κ2) is 6.04. The summed E-state index contributed by atoms with van der Waals surface area (Å²) in [7, 11) is 0. The van der Waals surface area contributed by atoms with E-state index in [2.05, 4.69) is 5.10 Å². The van der Waals surface area contributed by atoms with Crippen molar-refractivity contribution in [3.05, 3.63) is 65.3 Å². The lowest BCUT2D eigenvalue weighted by molar-refractivity contribution is 0.564. The fraction of sp³-hybridized carbons (Fsp3) is 0.0625. The van der Waals surface area contributed by atoms with Gasteiger partial charge in [-0.25, -0.2) is 8.89 Å². The molecule has 0 bridgehead atoms. The lowest BCUT2D eigenvalue weighted by Crippen LogP contribution is -1.99. The Morgan fingerprint density at radius 2 is 1.73 bits per heavy atom. The van der Waals surface area contributed by atoms with Crippen molar-refractivity contribution in [3.8, 4) is 16.9 Å². The van der Waals surface area contributed by atoms with Gasteiger partial charge in [-0.05, 0) is 31.2 Å². The molecule has 0 fully saturated rings. The molecule has 3 aromatic rings. The first-order chi connectivity index (χ1) is 10.5. The first kappa shape index (κ1) is 15.0. The molecular formula is C16H13ClN2O2S. The molecule has 0 aliphatic heterocycles. The Balaban J connectivity index is 2.07. The fourth-order valence-corrected chi connectivity index (χ4v) is 2.73. The van der Waals surface area contributed by atoms with Gasteiger partial charge < -0.3 is 4.55 Å². The van der Waals surface area contributed by atoms with E-state index in [9.17, 15) is 4.21 Å². The second-order valence-electron chi connectivity index (χ2n) is 4.87. The van der Waals surface area contributed by atoms with Crippen LogP contribution in [0.3, 0.4) is 0 Å². The van der Waals surface area contributed by atoms with Crippen LogP contribution in [0, 0.1) is 6.92 Å². The van der Waals surface area contributed by atoms with E-state index in [4.69, 9.17) is 16.2 Å². The molecule has 2 aromatic carbocycles. The average molecular weight is 333 g/mol. The standard InChI is InChI=1S/C16H13ClN2O2S/c1-11-2-6-13(7-3-11)19-15(10-16(17)18-19)12-4-8-14(9-5-12)22(20)21/h2-10H,1H3,(H,20,21). The molecule has 1 unspecified atom stereocenters. The van der Waals surface area contributed by atoms with Crippen molar-refractivity contribution in [1.82, 2.24) is 9.78 Å². The molecule has 0 saturated carbocycles. The summed E-state index contributed by atoms with van der Waals surface area (Å²) in [4.78, 5) is 0.358. The molecule has 0 saturated heterocycles. The van der Waals surface area contributed by atoms with Gasteiger partial charge in [0.05, 0.1) is 16.3 Å². The molecule has 6 heteroatoms. The van der Waals surface area contributed by atoms with E-state index in [1.165, 1.54) is 5.56 Å². The van der Waals surface area contributed by atoms with Crippen molar-refractivity contribution in [2.75, 3.05) is 0 Å². The molecule has 112 valence electrons. The van der Waals surface area contributed by atoms with E-state index in [1.54, 1.807) is 35.0 Å². The summed E-state index contributed by atoms with van der Waals surface area (Å²) in [6.07, 6.45) is 0. The van der Waals surface area contributed by atoms with Crippen molar-refractivity contribution in [1.29, 1.82) is 0 Å². The Morgan fingerprint density at radius 1 is 1.09 bits per heavy atom. The maximum absolute atomic E-state index is 11.0. The number of aryl methyl sites for hydroxylation is 1. The van der Waals surface area contributed by atoms with Gasteiger partial charge in [0, 0.05) is 11.6 Å². The van der Waals surface area contributed by atoms with Gasteiger partial charge in [-0.2, -0.15) is 5.10 Å². The first-order valence-electron chi connectivity index (χ1n) is 6.58. The highest BCUT2D eigenvalue weighted by atomic mass is 35.5. The minimum Gasteiger partial charge on any atom is -0.302 e. The number of hydrogen-bond donors (Lipinski definition) is 1. The summed E-state index contributed by atoms with van der Waals surface area (Å²) in [5.41, 5.74) is 3.76. The van der Waals surface area contributed by atoms with E-state index in [-0.39, 0.29) is 0 Å². The third-order valence-corrected chi connectivity index (χ3v) is 4.17. The third kappa shape index (κ3) is 2.97.